The standard InChI is InChI=1S/C17H15N3O3S/c1-11-7-13(24-10-18)8-12(2)16(11)20-15(21)9-23-17(22)14-5-3-4-6-19-14/h3-8H,9H2,1-2H3,(H,20,21). The van der Waals surface area contributed by atoms with Crippen LogP contribution in [0.2, 0.25) is 0 Å². The van der Waals surface area contributed by atoms with E-state index in [0.29, 0.717) is 5.69 Å². The Morgan fingerprint density at radius 1 is 1.29 bits per heavy atom. The zero-order chi connectivity index (χ0) is 17.5. The zero-order valence-corrected chi connectivity index (χ0v) is 14.0. The minimum absolute atomic E-state index is 0.149. The van der Waals surface area contributed by atoms with Crippen molar-refractivity contribution in [2.24, 2.45) is 0 Å². The molecule has 0 aliphatic heterocycles. The molecule has 1 amide bonds. The normalized spacial score (nSPS) is 9.88. The average molecular weight is 341 g/mol. The van der Waals surface area contributed by atoms with Gasteiger partial charge in [0.1, 0.15) is 11.1 Å². The predicted molar refractivity (Wildman–Crippen MR) is 90.5 cm³/mol. The van der Waals surface area contributed by atoms with Crippen molar-refractivity contribution in [1.29, 1.82) is 5.26 Å². The van der Waals surface area contributed by atoms with Gasteiger partial charge in [0, 0.05) is 16.8 Å². The number of carbonyl (C=O) groups excluding carboxylic acids is 2. The Balaban J connectivity index is 1.98. The molecule has 0 saturated heterocycles. The van der Waals surface area contributed by atoms with Crippen molar-refractivity contribution in [1.82, 2.24) is 4.98 Å². The average Bonchev–Trinajstić information content (AvgIpc) is 2.57. The van der Waals surface area contributed by atoms with E-state index in [0.717, 1.165) is 27.8 Å². The molecule has 0 unspecified atom stereocenters. The second-order valence-corrected chi connectivity index (χ2v) is 5.82. The fourth-order valence-electron chi connectivity index (χ4n) is 2.10. The van der Waals surface area contributed by atoms with Crippen LogP contribution in [0.3, 0.4) is 0 Å². The number of anilines is 1. The first-order valence-corrected chi connectivity index (χ1v) is 7.88. The van der Waals surface area contributed by atoms with Crippen LogP contribution in [0.5, 0.6) is 0 Å². The number of nitrogens with one attached hydrogen (secondary N) is 1. The third kappa shape index (κ3) is 4.57. The van der Waals surface area contributed by atoms with Crippen LogP contribution in [-0.4, -0.2) is 23.5 Å². The molecule has 0 saturated carbocycles. The molecule has 0 atom stereocenters. The summed E-state index contributed by atoms with van der Waals surface area (Å²) in [6.45, 7) is 3.27. The third-order valence-electron chi connectivity index (χ3n) is 3.14. The molecular formula is C17H15N3O3S. The highest BCUT2D eigenvalue weighted by atomic mass is 32.2. The van der Waals surface area contributed by atoms with Gasteiger partial charge >= 0.3 is 5.97 Å². The second-order valence-electron chi connectivity index (χ2n) is 4.96. The Morgan fingerprint density at radius 2 is 2.00 bits per heavy atom. The summed E-state index contributed by atoms with van der Waals surface area (Å²) in [4.78, 5) is 28.4. The molecule has 0 bridgehead atoms. The fraction of sp³-hybridized carbons (Fsp3) is 0.176. The zero-order valence-electron chi connectivity index (χ0n) is 13.2. The van der Waals surface area contributed by atoms with Gasteiger partial charge in [-0.25, -0.2) is 9.78 Å². The molecule has 7 heteroatoms. The molecular weight excluding hydrogens is 326 g/mol. The number of rotatable bonds is 5. The number of thioether (sulfide) groups is 1. The van der Waals surface area contributed by atoms with Gasteiger partial charge in [0.05, 0.1) is 0 Å². The van der Waals surface area contributed by atoms with Crippen LogP contribution in [0.1, 0.15) is 21.6 Å². The maximum atomic E-state index is 12.0. The lowest BCUT2D eigenvalue weighted by molar-refractivity contribution is -0.119. The number of hydrogen-bond donors (Lipinski definition) is 1. The molecule has 1 aromatic heterocycles. The van der Waals surface area contributed by atoms with Gasteiger partial charge < -0.3 is 10.1 Å². The lowest BCUT2D eigenvalue weighted by atomic mass is 10.1. The monoisotopic (exact) mass is 341 g/mol. The number of ether oxygens (including phenoxy) is 1. The van der Waals surface area contributed by atoms with Crippen LogP contribution in [0.4, 0.5) is 5.69 Å². The minimum Gasteiger partial charge on any atom is -0.451 e. The van der Waals surface area contributed by atoms with Gasteiger partial charge in [-0.2, -0.15) is 5.26 Å². The van der Waals surface area contributed by atoms with E-state index in [1.165, 1.54) is 12.3 Å². The van der Waals surface area contributed by atoms with Gasteiger partial charge in [-0.05, 0) is 61.0 Å². The molecule has 0 aliphatic rings. The van der Waals surface area contributed by atoms with Crippen molar-refractivity contribution in [3.8, 4) is 5.40 Å². The Kier molecular flexibility index (Phi) is 5.93. The van der Waals surface area contributed by atoms with Gasteiger partial charge in [-0.3, -0.25) is 4.79 Å². The summed E-state index contributed by atoms with van der Waals surface area (Å²) in [5.74, 6) is -1.09. The molecule has 0 radical (unpaired) electrons. The van der Waals surface area contributed by atoms with E-state index in [9.17, 15) is 9.59 Å². The SMILES string of the molecule is Cc1cc(SC#N)cc(C)c1NC(=O)COC(=O)c1ccccn1. The van der Waals surface area contributed by atoms with Crippen LogP contribution in [-0.2, 0) is 9.53 Å². The lowest BCUT2D eigenvalue weighted by Crippen LogP contribution is -2.22. The molecule has 6 nitrogen and oxygen atoms in total. The van der Waals surface area contributed by atoms with Gasteiger partial charge in [-0.1, -0.05) is 6.07 Å². The summed E-state index contributed by atoms with van der Waals surface area (Å²) in [5.41, 5.74) is 2.46. The quantitative estimate of drug-likeness (QED) is 0.510. The number of esters is 1. The summed E-state index contributed by atoms with van der Waals surface area (Å²) in [6, 6.07) is 8.49. The van der Waals surface area contributed by atoms with Crippen molar-refractivity contribution < 1.29 is 14.3 Å². The Labute approximate surface area is 143 Å². The largest absolute Gasteiger partial charge is 0.451 e. The molecule has 1 heterocycles. The molecule has 0 aliphatic carbocycles. The Hall–Kier alpha value is -2.85. The van der Waals surface area contributed by atoms with Gasteiger partial charge in [0.2, 0.25) is 0 Å². The molecule has 2 rings (SSSR count). The van der Waals surface area contributed by atoms with E-state index in [4.69, 9.17) is 10.00 Å². The van der Waals surface area contributed by atoms with Gasteiger partial charge in [0.25, 0.3) is 5.91 Å². The molecule has 1 N–H and O–H groups in total. The highest BCUT2D eigenvalue weighted by molar-refractivity contribution is 8.03. The number of hydrogen-bond acceptors (Lipinski definition) is 6. The van der Waals surface area contributed by atoms with Crippen molar-refractivity contribution in [2.45, 2.75) is 18.7 Å². The van der Waals surface area contributed by atoms with Gasteiger partial charge in [0.15, 0.2) is 6.61 Å². The van der Waals surface area contributed by atoms with E-state index < -0.39 is 18.5 Å². The first-order chi connectivity index (χ1) is 11.5. The summed E-state index contributed by atoms with van der Waals surface area (Å²) in [5, 5.41) is 13.5. The van der Waals surface area contributed by atoms with Crippen molar-refractivity contribution in [3.63, 3.8) is 0 Å². The van der Waals surface area contributed by atoms with Crippen LogP contribution in [0.15, 0.2) is 41.4 Å². The summed E-state index contributed by atoms with van der Waals surface area (Å²) in [6.07, 6.45) is 1.48. The van der Waals surface area contributed by atoms with Crippen LogP contribution < -0.4 is 5.32 Å². The van der Waals surface area contributed by atoms with E-state index in [-0.39, 0.29) is 5.69 Å². The van der Waals surface area contributed by atoms with Crippen molar-refractivity contribution in [3.05, 3.63) is 53.3 Å². The maximum absolute atomic E-state index is 12.0. The molecule has 2 aromatic rings. The van der Waals surface area contributed by atoms with Crippen LogP contribution >= 0.6 is 11.8 Å². The van der Waals surface area contributed by atoms with E-state index in [1.807, 2.05) is 31.4 Å². The summed E-state index contributed by atoms with van der Waals surface area (Å²) < 4.78 is 4.94. The van der Waals surface area contributed by atoms with Gasteiger partial charge in [-0.15, -0.1) is 0 Å². The number of pyridine rings is 1. The number of aryl methyl sites for hydroxylation is 2. The number of nitriles is 1. The number of aromatic nitrogens is 1. The second kappa shape index (κ2) is 8.13. The summed E-state index contributed by atoms with van der Waals surface area (Å²) >= 11 is 1.06. The smallest absolute Gasteiger partial charge is 0.357 e. The number of nitrogens with zero attached hydrogens (tertiary/aromatic N) is 2. The molecule has 0 fully saturated rings. The van der Waals surface area contributed by atoms with E-state index >= 15 is 0 Å². The number of benzene rings is 1. The van der Waals surface area contributed by atoms with Crippen molar-refractivity contribution >= 4 is 29.3 Å². The summed E-state index contributed by atoms with van der Waals surface area (Å²) in [7, 11) is 0. The number of carbonyl (C=O) groups is 2. The van der Waals surface area contributed by atoms with Crippen LogP contribution in [0, 0.1) is 24.5 Å². The Morgan fingerprint density at radius 3 is 2.58 bits per heavy atom. The highest BCUT2D eigenvalue weighted by Crippen LogP contribution is 2.27. The Bertz CT molecular complexity index is 777. The topological polar surface area (TPSA) is 92.1 Å². The predicted octanol–water partition coefficient (Wildman–Crippen LogP) is 3.07. The first kappa shape index (κ1) is 17.5. The molecule has 122 valence electrons. The van der Waals surface area contributed by atoms with E-state index in [2.05, 4.69) is 10.3 Å². The number of amides is 1. The highest BCUT2D eigenvalue weighted by Gasteiger charge is 2.13. The van der Waals surface area contributed by atoms with E-state index in [1.54, 1.807) is 12.1 Å². The van der Waals surface area contributed by atoms with Crippen LogP contribution in [0.25, 0.3) is 0 Å². The fourth-order valence-corrected chi connectivity index (χ4v) is 2.67. The molecule has 24 heavy (non-hydrogen) atoms. The number of thiocyanates is 1. The first-order valence-electron chi connectivity index (χ1n) is 7.06. The third-order valence-corrected chi connectivity index (χ3v) is 3.71. The maximum Gasteiger partial charge on any atom is 0.357 e. The minimum atomic E-state index is -0.653. The van der Waals surface area contributed by atoms with Crippen molar-refractivity contribution in [2.75, 3.05) is 11.9 Å². The molecule has 1 aromatic carbocycles. The molecule has 0 spiro atoms. The lowest BCUT2D eigenvalue weighted by Gasteiger charge is -2.13.